The third-order valence-electron chi connectivity index (χ3n) is 4.11. The molecule has 2 aliphatic rings. The Balaban J connectivity index is 1.69. The van der Waals surface area contributed by atoms with Crippen LogP contribution in [0.1, 0.15) is 36.8 Å². The molecule has 0 atom stereocenters. The first-order valence-corrected chi connectivity index (χ1v) is 6.94. The fourth-order valence-corrected chi connectivity index (χ4v) is 2.81. The predicted octanol–water partition coefficient (Wildman–Crippen LogP) is 2.46. The van der Waals surface area contributed by atoms with Crippen molar-refractivity contribution in [3.63, 3.8) is 0 Å². The monoisotopic (exact) mass is 244 g/mol. The number of fused-ring (bicyclic) bond motifs is 1. The van der Waals surface area contributed by atoms with E-state index >= 15 is 0 Å². The van der Waals surface area contributed by atoms with Crippen LogP contribution in [0.15, 0.2) is 18.2 Å². The van der Waals surface area contributed by atoms with E-state index in [0.717, 1.165) is 25.2 Å². The van der Waals surface area contributed by atoms with Crippen LogP contribution in [0.4, 0.5) is 5.69 Å². The molecule has 3 nitrogen and oxygen atoms in total. The van der Waals surface area contributed by atoms with Crippen LogP contribution >= 0.6 is 0 Å². The summed E-state index contributed by atoms with van der Waals surface area (Å²) in [6.45, 7) is 1.92. The van der Waals surface area contributed by atoms with Crippen molar-refractivity contribution in [2.45, 2.75) is 38.6 Å². The molecule has 0 bridgehead atoms. The number of nitrogens with one attached hydrogen (secondary N) is 2. The molecule has 1 aromatic rings. The molecular formula is C15H20N2O. The fourth-order valence-electron chi connectivity index (χ4n) is 2.81. The first-order chi connectivity index (χ1) is 8.83. The maximum Gasteiger partial charge on any atom is 0.224 e. The summed E-state index contributed by atoms with van der Waals surface area (Å²) in [5, 5.41) is 6.46. The van der Waals surface area contributed by atoms with Crippen molar-refractivity contribution in [2.24, 2.45) is 5.92 Å². The largest absolute Gasteiger partial charge is 0.326 e. The molecule has 2 N–H and O–H groups in total. The molecule has 18 heavy (non-hydrogen) atoms. The summed E-state index contributed by atoms with van der Waals surface area (Å²) in [5.41, 5.74) is 3.67. The molecule has 1 aromatic carbocycles. The Morgan fingerprint density at radius 2 is 2.28 bits per heavy atom. The van der Waals surface area contributed by atoms with Crippen molar-refractivity contribution in [1.82, 2.24) is 5.32 Å². The maximum absolute atomic E-state index is 12.0. The molecule has 1 amide bonds. The average Bonchev–Trinajstić information content (AvgIpc) is 2.34. The Morgan fingerprint density at radius 3 is 3.06 bits per heavy atom. The zero-order valence-electron chi connectivity index (χ0n) is 10.7. The molecule has 0 unspecified atom stereocenters. The van der Waals surface area contributed by atoms with E-state index < -0.39 is 0 Å². The van der Waals surface area contributed by atoms with Crippen molar-refractivity contribution < 1.29 is 4.79 Å². The van der Waals surface area contributed by atoms with Gasteiger partial charge < -0.3 is 10.6 Å². The van der Waals surface area contributed by atoms with Crippen LogP contribution in [-0.2, 0) is 17.8 Å². The highest BCUT2D eigenvalue weighted by molar-refractivity contribution is 5.92. The molecular weight excluding hydrogens is 224 g/mol. The summed E-state index contributed by atoms with van der Waals surface area (Å²) in [7, 11) is 0. The lowest BCUT2D eigenvalue weighted by Gasteiger charge is -2.25. The molecule has 3 rings (SSSR count). The highest BCUT2D eigenvalue weighted by atomic mass is 16.1. The van der Waals surface area contributed by atoms with Gasteiger partial charge in [-0.15, -0.1) is 0 Å². The SMILES string of the molecule is O=C(CC1CCC1)Nc1cccc2c1CCNC2. The van der Waals surface area contributed by atoms with Gasteiger partial charge in [-0.2, -0.15) is 0 Å². The quantitative estimate of drug-likeness (QED) is 0.857. The van der Waals surface area contributed by atoms with Gasteiger partial charge in [0.1, 0.15) is 0 Å². The minimum absolute atomic E-state index is 0.187. The lowest BCUT2D eigenvalue weighted by molar-refractivity contribution is -0.117. The van der Waals surface area contributed by atoms with Gasteiger partial charge in [-0.3, -0.25) is 4.79 Å². The number of benzene rings is 1. The van der Waals surface area contributed by atoms with Gasteiger partial charge >= 0.3 is 0 Å². The second-order valence-electron chi connectivity index (χ2n) is 5.42. The smallest absolute Gasteiger partial charge is 0.224 e. The Hall–Kier alpha value is -1.35. The molecule has 0 saturated heterocycles. The topological polar surface area (TPSA) is 41.1 Å². The number of amides is 1. The summed E-state index contributed by atoms with van der Waals surface area (Å²) in [6.07, 6.45) is 5.45. The van der Waals surface area contributed by atoms with Gasteiger partial charge in [-0.05, 0) is 48.9 Å². The van der Waals surface area contributed by atoms with Crippen LogP contribution in [0, 0.1) is 5.92 Å². The summed E-state index contributed by atoms with van der Waals surface area (Å²) < 4.78 is 0. The second kappa shape index (κ2) is 5.11. The van der Waals surface area contributed by atoms with Crippen LogP contribution in [-0.4, -0.2) is 12.5 Å². The maximum atomic E-state index is 12.0. The molecule has 1 aliphatic carbocycles. The predicted molar refractivity (Wildman–Crippen MR) is 72.4 cm³/mol. The standard InChI is InChI=1S/C15H20N2O/c18-15(9-11-3-1-4-11)17-14-6-2-5-12-10-16-8-7-13(12)14/h2,5-6,11,16H,1,3-4,7-10H2,(H,17,18). The van der Waals surface area contributed by atoms with E-state index in [4.69, 9.17) is 0 Å². The third-order valence-corrected chi connectivity index (χ3v) is 4.11. The van der Waals surface area contributed by atoms with Crippen LogP contribution in [0.3, 0.4) is 0 Å². The molecule has 96 valence electrons. The van der Waals surface area contributed by atoms with E-state index in [0.29, 0.717) is 12.3 Å². The summed E-state index contributed by atoms with van der Waals surface area (Å²) >= 11 is 0. The van der Waals surface area contributed by atoms with Crippen LogP contribution < -0.4 is 10.6 Å². The number of hydrogen-bond donors (Lipinski definition) is 2. The average molecular weight is 244 g/mol. The van der Waals surface area contributed by atoms with E-state index in [1.165, 1.54) is 30.4 Å². The van der Waals surface area contributed by atoms with Gasteiger partial charge in [0.05, 0.1) is 0 Å². The third kappa shape index (κ3) is 2.41. The Bertz CT molecular complexity index is 452. The first kappa shape index (κ1) is 11.7. The first-order valence-electron chi connectivity index (χ1n) is 6.94. The van der Waals surface area contributed by atoms with Gasteiger partial charge in [-0.1, -0.05) is 18.6 Å². The van der Waals surface area contributed by atoms with Crippen molar-refractivity contribution in [3.05, 3.63) is 29.3 Å². The molecule has 0 spiro atoms. The Morgan fingerprint density at radius 1 is 1.39 bits per heavy atom. The van der Waals surface area contributed by atoms with Gasteiger partial charge in [0.25, 0.3) is 0 Å². The van der Waals surface area contributed by atoms with Crippen LogP contribution in [0.2, 0.25) is 0 Å². The van der Waals surface area contributed by atoms with E-state index in [2.05, 4.69) is 16.7 Å². The molecule has 1 saturated carbocycles. The zero-order chi connectivity index (χ0) is 12.4. The number of anilines is 1. The van der Waals surface area contributed by atoms with E-state index in [9.17, 15) is 4.79 Å². The van der Waals surface area contributed by atoms with Gasteiger partial charge in [0.15, 0.2) is 0 Å². The second-order valence-corrected chi connectivity index (χ2v) is 5.42. The van der Waals surface area contributed by atoms with E-state index in [-0.39, 0.29) is 5.91 Å². The Kier molecular flexibility index (Phi) is 3.33. The van der Waals surface area contributed by atoms with Gasteiger partial charge in [-0.25, -0.2) is 0 Å². The lowest BCUT2D eigenvalue weighted by Crippen LogP contribution is -2.26. The van der Waals surface area contributed by atoms with E-state index in [1.54, 1.807) is 0 Å². The number of rotatable bonds is 3. The Labute approximate surface area is 108 Å². The van der Waals surface area contributed by atoms with Crippen LogP contribution in [0.25, 0.3) is 0 Å². The molecule has 3 heteroatoms. The highest BCUT2D eigenvalue weighted by Gasteiger charge is 2.21. The van der Waals surface area contributed by atoms with Crippen LogP contribution in [0.5, 0.6) is 0 Å². The van der Waals surface area contributed by atoms with Crippen molar-refractivity contribution in [1.29, 1.82) is 0 Å². The van der Waals surface area contributed by atoms with E-state index in [1.807, 2.05) is 12.1 Å². The molecule has 1 fully saturated rings. The normalized spacial score (nSPS) is 18.9. The number of carbonyl (C=O) groups is 1. The van der Waals surface area contributed by atoms with Crippen molar-refractivity contribution in [2.75, 3.05) is 11.9 Å². The number of hydrogen-bond acceptors (Lipinski definition) is 2. The molecule has 0 radical (unpaired) electrons. The number of carbonyl (C=O) groups excluding carboxylic acids is 1. The summed E-state index contributed by atoms with van der Waals surface area (Å²) in [5.74, 6) is 0.817. The minimum atomic E-state index is 0.187. The lowest BCUT2D eigenvalue weighted by atomic mass is 9.83. The van der Waals surface area contributed by atoms with Crippen molar-refractivity contribution in [3.8, 4) is 0 Å². The van der Waals surface area contributed by atoms with Gasteiger partial charge in [0.2, 0.25) is 5.91 Å². The molecule has 0 aromatic heterocycles. The molecule has 1 heterocycles. The molecule has 1 aliphatic heterocycles. The minimum Gasteiger partial charge on any atom is -0.326 e. The fraction of sp³-hybridized carbons (Fsp3) is 0.533. The highest BCUT2D eigenvalue weighted by Crippen LogP contribution is 2.30. The van der Waals surface area contributed by atoms with Gasteiger partial charge in [0, 0.05) is 18.7 Å². The zero-order valence-corrected chi connectivity index (χ0v) is 10.7. The van der Waals surface area contributed by atoms with Crippen molar-refractivity contribution >= 4 is 11.6 Å². The summed E-state index contributed by atoms with van der Waals surface area (Å²) in [4.78, 5) is 12.0. The summed E-state index contributed by atoms with van der Waals surface area (Å²) in [6, 6.07) is 6.21.